The fourth-order valence-electron chi connectivity index (χ4n) is 3.07. The number of carbonyl (C=O) groups is 1. The molecule has 1 unspecified atom stereocenters. The Morgan fingerprint density at radius 3 is 2.52 bits per heavy atom. The molecule has 0 aromatic heterocycles. The van der Waals surface area contributed by atoms with Gasteiger partial charge in [-0.05, 0) is 32.4 Å². The fraction of sp³-hybridized carbons (Fsp3) is 0.923. The van der Waals surface area contributed by atoms with E-state index in [0.29, 0.717) is 19.1 Å². The number of hydrogen-bond acceptors (Lipinski definition) is 4. The Balaban J connectivity index is 1.90. The number of hydrogen-bond donors (Lipinski definition) is 1. The summed E-state index contributed by atoms with van der Waals surface area (Å²) in [5, 5.41) is 8.66. The zero-order valence-electron chi connectivity index (χ0n) is 12.6. The molecule has 2 heterocycles. The Bertz CT molecular complexity index is 462. The van der Waals surface area contributed by atoms with Crippen LogP contribution < -0.4 is 0 Å². The molecule has 2 fully saturated rings. The first kappa shape index (κ1) is 16.7. The predicted molar refractivity (Wildman–Crippen MR) is 79.2 cm³/mol. The minimum atomic E-state index is -3.53. The molecule has 2 saturated heterocycles. The Hall–Kier alpha value is -0.700. The zero-order valence-corrected chi connectivity index (χ0v) is 13.4. The van der Waals surface area contributed by atoms with Crippen LogP contribution in [-0.2, 0) is 15.0 Å². The standard InChI is InChI=1S/C13H25N3O4S/c1-14(9-6-13(17)18)21(19,20)16-10-5-12(11-16)15-7-3-2-4-8-15/h12H,2-11H2,1H3,(H,17,18). The maximum Gasteiger partial charge on any atom is 0.304 e. The molecule has 8 heteroatoms. The molecule has 122 valence electrons. The average Bonchev–Trinajstić information content (AvgIpc) is 2.96. The first-order valence-electron chi connectivity index (χ1n) is 7.58. The Kier molecular flexibility index (Phi) is 5.59. The third-order valence-electron chi connectivity index (χ3n) is 4.39. The summed E-state index contributed by atoms with van der Waals surface area (Å²) in [6.07, 6.45) is 4.36. The topological polar surface area (TPSA) is 81.2 Å². The van der Waals surface area contributed by atoms with Crippen molar-refractivity contribution in [2.75, 3.05) is 39.8 Å². The lowest BCUT2D eigenvalue weighted by Gasteiger charge is -2.32. The van der Waals surface area contributed by atoms with Gasteiger partial charge in [0.1, 0.15) is 0 Å². The summed E-state index contributed by atoms with van der Waals surface area (Å²) >= 11 is 0. The highest BCUT2D eigenvalue weighted by Crippen LogP contribution is 2.23. The van der Waals surface area contributed by atoms with Crippen molar-refractivity contribution in [3.8, 4) is 0 Å². The van der Waals surface area contributed by atoms with Crippen LogP contribution in [0.25, 0.3) is 0 Å². The molecule has 0 amide bonds. The van der Waals surface area contributed by atoms with Crippen molar-refractivity contribution in [1.29, 1.82) is 0 Å². The van der Waals surface area contributed by atoms with Crippen LogP contribution in [0.3, 0.4) is 0 Å². The molecule has 1 atom stereocenters. The summed E-state index contributed by atoms with van der Waals surface area (Å²) in [7, 11) is -2.08. The van der Waals surface area contributed by atoms with Gasteiger partial charge in [0.25, 0.3) is 10.2 Å². The third-order valence-corrected chi connectivity index (χ3v) is 6.35. The van der Waals surface area contributed by atoms with Gasteiger partial charge in [-0.3, -0.25) is 9.69 Å². The van der Waals surface area contributed by atoms with Crippen molar-refractivity contribution >= 4 is 16.2 Å². The summed E-state index contributed by atoms with van der Waals surface area (Å²) in [6.45, 7) is 3.20. The van der Waals surface area contributed by atoms with Gasteiger partial charge in [0.05, 0.1) is 6.42 Å². The van der Waals surface area contributed by atoms with Gasteiger partial charge in [0.15, 0.2) is 0 Å². The second-order valence-corrected chi connectivity index (χ2v) is 7.91. The van der Waals surface area contributed by atoms with E-state index in [2.05, 4.69) is 4.90 Å². The summed E-state index contributed by atoms with van der Waals surface area (Å²) in [6, 6.07) is 0.313. The van der Waals surface area contributed by atoms with Crippen LogP contribution in [0.5, 0.6) is 0 Å². The fourth-order valence-corrected chi connectivity index (χ4v) is 4.48. The van der Waals surface area contributed by atoms with Gasteiger partial charge >= 0.3 is 5.97 Å². The molecule has 0 aromatic carbocycles. The van der Waals surface area contributed by atoms with E-state index in [9.17, 15) is 13.2 Å². The summed E-state index contributed by atoms with van der Waals surface area (Å²) in [5.74, 6) is -0.982. The molecular formula is C13H25N3O4S. The second-order valence-electron chi connectivity index (χ2n) is 5.87. The molecule has 0 radical (unpaired) electrons. The van der Waals surface area contributed by atoms with E-state index < -0.39 is 16.2 Å². The van der Waals surface area contributed by atoms with E-state index in [1.807, 2.05) is 0 Å². The molecule has 1 N–H and O–H groups in total. The van der Waals surface area contributed by atoms with Crippen molar-refractivity contribution in [2.45, 2.75) is 38.1 Å². The first-order valence-corrected chi connectivity index (χ1v) is 8.98. The number of carboxylic acid groups (broad SMARTS) is 1. The van der Waals surface area contributed by atoms with Gasteiger partial charge in [0.2, 0.25) is 0 Å². The molecule has 7 nitrogen and oxygen atoms in total. The molecule has 0 bridgehead atoms. The van der Waals surface area contributed by atoms with Gasteiger partial charge in [-0.25, -0.2) is 0 Å². The van der Waals surface area contributed by atoms with Crippen molar-refractivity contribution in [3.63, 3.8) is 0 Å². The minimum absolute atomic E-state index is 0.0164. The largest absolute Gasteiger partial charge is 0.481 e. The van der Waals surface area contributed by atoms with Crippen molar-refractivity contribution in [1.82, 2.24) is 13.5 Å². The highest BCUT2D eigenvalue weighted by molar-refractivity contribution is 7.86. The van der Waals surface area contributed by atoms with Crippen molar-refractivity contribution < 1.29 is 18.3 Å². The van der Waals surface area contributed by atoms with Crippen LogP contribution in [0.1, 0.15) is 32.1 Å². The highest BCUT2D eigenvalue weighted by atomic mass is 32.2. The van der Waals surface area contributed by atoms with Crippen molar-refractivity contribution in [2.24, 2.45) is 0 Å². The zero-order chi connectivity index (χ0) is 15.5. The third kappa shape index (κ3) is 4.15. The lowest BCUT2D eigenvalue weighted by molar-refractivity contribution is -0.137. The number of aliphatic carboxylic acids is 1. The Morgan fingerprint density at radius 1 is 1.24 bits per heavy atom. The monoisotopic (exact) mass is 319 g/mol. The smallest absolute Gasteiger partial charge is 0.304 e. The Labute approximate surface area is 126 Å². The maximum absolute atomic E-state index is 12.4. The normalized spacial score (nSPS) is 25.5. The highest BCUT2D eigenvalue weighted by Gasteiger charge is 2.36. The lowest BCUT2D eigenvalue weighted by Crippen LogP contribution is -2.45. The predicted octanol–water partition coefficient (Wildman–Crippen LogP) is 0.198. The number of rotatable bonds is 6. The first-order chi connectivity index (χ1) is 9.91. The van der Waals surface area contributed by atoms with Gasteiger partial charge in [-0.15, -0.1) is 0 Å². The molecule has 21 heavy (non-hydrogen) atoms. The SMILES string of the molecule is CN(CCC(=O)O)S(=O)(=O)N1CCC(N2CCCCC2)C1. The number of nitrogens with zero attached hydrogens (tertiary/aromatic N) is 3. The van der Waals surface area contributed by atoms with Crippen LogP contribution in [-0.4, -0.2) is 78.8 Å². The van der Waals surface area contributed by atoms with E-state index >= 15 is 0 Å². The van der Waals surface area contributed by atoms with Gasteiger partial charge in [-0.1, -0.05) is 6.42 Å². The molecule has 2 aliphatic rings. The number of piperidine rings is 1. The molecule has 0 aromatic rings. The lowest BCUT2D eigenvalue weighted by atomic mass is 10.1. The maximum atomic E-state index is 12.4. The molecule has 0 spiro atoms. The van der Waals surface area contributed by atoms with Gasteiger partial charge < -0.3 is 5.11 Å². The van der Waals surface area contributed by atoms with E-state index in [4.69, 9.17) is 5.11 Å². The molecule has 2 rings (SSSR count). The minimum Gasteiger partial charge on any atom is -0.481 e. The van der Waals surface area contributed by atoms with Gasteiger partial charge in [0, 0.05) is 32.7 Å². The second kappa shape index (κ2) is 7.04. The van der Waals surface area contributed by atoms with Crippen LogP contribution in [0.4, 0.5) is 0 Å². The van der Waals surface area contributed by atoms with E-state index in [1.165, 1.54) is 30.6 Å². The van der Waals surface area contributed by atoms with Crippen molar-refractivity contribution in [3.05, 3.63) is 0 Å². The molecular weight excluding hydrogens is 294 g/mol. The number of likely N-dealkylation sites (tertiary alicyclic amines) is 1. The summed E-state index contributed by atoms with van der Waals surface area (Å²) in [4.78, 5) is 13.0. The number of carboxylic acids is 1. The molecule has 2 aliphatic heterocycles. The van der Waals surface area contributed by atoms with E-state index in [1.54, 1.807) is 0 Å². The average molecular weight is 319 g/mol. The van der Waals surface area contributed by atoms with E-state index in [0.717, 1.165) is 23.8 Å². The molecule has 0 saturated carbocycles. The van der Waals surface area contributed by atoms with Crippen LogP contribution in [0, 0.1) is 0 Å². The van der Waals surface area contributed by atoms with Crippen LogP contribution >= 0.6 is 0 Å². The van der Waals surface area contributed by atoms with Gasteiger partial charge in [-0.2, -0.15) is 17.0 Å². The van der Waals surface area contributed by atoms with E-state index in [-0.39, 0.29) is 13.0 Å². The summed E-state index contributed by atoms with van der Waals surface area (Å²) in [5.41, 5.74) is 0. The van der Waals surface area contributed by atoms with Crippen LogP contribution in [0.2, 0.25) is 0 Å². The summed E-state index contributed by atoms with van der Waals surface area (Å²) < 4.78 is 27.5. The van der Waals surface area contributed by atoms with Crippen LogP contribution in [0.15, 0.2) is 0 Å². The molecule has 0 aliphatic carbocycles. The Morgan fingerprint density at radius 2 is 1.90 bits per heavy atom. The quantitative estimate of drug-likeness (QED) is 0.756.